The summed E-state index contributed by atoms with van der Waals surface area (Å²) >= 11 is 0. The summed E-state index contributed by atoms with van der Waals surface area (Å²) in [6.45, 7) is 7.45. The molecule has 0 heterocycles. The lowest BCUT2D eigenvalue weighted by atomic mass is 10.0. The largest absolute Gasteiger partial charge is 0.388 e. The number of rotatable bonds is 5. The molecule has 0 spiro atoms. The molecule has 0 amide bonds. The van der Waals surface area contributed by atoms with E-state index in [2.05, 4.69) is 67.8 Å². The van der Waals surface area contributed by atoms with Crippen LogP contribution < -0.4 is 5.32 Å². The Balaban J connectivity index is 2.15. The van der Waals surface area contributed by atoms with Crippen LogP contribution in [0.2, 0.25) is 0 Å². The third kappa shape index (κ3) is 3.86. The maximum atomic E-state index is 3.45. The first-order chi connectivity index (χ1) is 9.72. The van der Waals surface area contributed by atoms with Crippen molar-refractivity contribution in [1.82, 2.24) is 5.32 Å². The second-order valence-electron chi connectivity index (χ2n) is 5.49. The summed E-state index contributed by atoms with van der Waals surface area (Å²) in [5, 5.41) is 3.45. The molecule has 0 saturated heterocycles. The van der Waals surface area contributed by atoms with Gasteiger partial charge >= 0.3 is 0 Å². The van der Waals surface area contributed by atoms with Crippen LogP contribution in [0.25, 0.3) is 0 Å². The van der Waals surface area contributed by atoms with Crippen LogP contribution in [-0.4, -0.2) is 6.54 Å². The topological polar surface area (TPSA) is 12.0 Å². The molecule has 1 atom stereocenters. The van der Waals surface area contributed by atoms with Gasteiger partial charge in [0.25, 0.3) is 0 Å². The Bertz CT molecular complexity index is 524. The lowest BCUT2D eigenvalue weighted by Crippen LogP contribution is -2.12. The molecule has 1 unspecified atom stereocenters. The summed E-state index contributed by atoms with van der Waals surface area (Å²) < 4.78 is 0. The lowest BCUT2D eigenvalue weighted by Gasteiger charge is -2.10. The van der Waals surface area contributed by atoms with Crippen LogP contribution in [0.3, 0.4) is 0 Å². The van der Waals surface area contributed by atoms with Gasteiger partial charge in [-0.2, -0.15) is 0 Å². The van der Waals surface area contributed by atoms with Crippen molar-refractivity contribution in [2.24, 2.45) is 5.92 Å². The smallest absolute Gasteiger partial charge is 0.0151 e. The van der Waals surface area contributed by atoms with E-state index in [0.717, 1.165) is 13.0 Å². The minimum atomic E-state index is 0.664. The van der Waals surface area contributed by atoms with Gasteiger partial charge in [0.15, 0.2) is 0 Å². The van der Waals surface area contributed by atoms with Gasteiger partial charge in [0.1, 0.15) is 0 Å². The highest BCUT2D eigenvalue weighted by atomic mass is 14.9. The number of allylic oxidation sites excluding steroid dienone is 11. The van der Waals surface area contributed by atoms with Crippen molar-refractivity contribution in [2.75, 3.05) is 6.54 Å². The zero-order chi connectivity index (χ0) is 14.4. The van der Waals surface area contributed by atoms with Crippen molar-refractivity contribution in [3.63, 3.8) is 0 Å². The van der Waals surface area contributed by atoms with Gasteiger partial charge in [-0.3, -0.25) is 0 Å². The van der Waals surface area contributed by atoms with Gasteiger partial charge in [-0.15, -0.1) is 0 Å². The average Bonchev–Trinajstić information content (AvgIpc) is 2.76. The zero-order valence-electron chi connectivity index (χ0n) is 12.8. The van der Waals surface area contributed by atoms with Gasteiger partial charge in [0, 0.05) is 18.7 Å². The van der Waals surface area contributed by atoms with Gasteiger partial charge in [-0.25, -0.2) is 0 Å². The van der Waals surface area contributed by atoms with E-state index in [9.17, 15) is 0 Å². The van der Waals surface area contributed by atoms with E-state index in [4.69, 9.17) is 0 Å². The Hall–Kier alpha value is -1.76. The maximum Gasteiger partial charge on any atom is 0.0151 e. The summed E-state index contributed by atoms with van der Waals surface area (Å²) in [6, 6.07) is 0. The van der Waals surface area contributed by atoms with Crippen molar-refractivity contribution in [3.05, 3.63) is 71.0 Å². The van der Waals surface area contributed by atoms with Crippen LogP contribution in [0.15, 0.2) is 71.0 Å². The van der Waals surface area contributed by atoms with Gasteiger partial charge in [-0.05, 0) is 49.0 Å². The number of fused-ring (bicyclic) bond motifs is 1. The molecule has 0 aromatic rings. The molecule has 2 bridgehead atoms. The van der Waals surface area contributed by atoms with E-state index in [1.807, 2.05) is 6.92 Å². The monoisotopic (exact) mass is 267 g/mol. The average molecular weight is 267 g/mol. The molecule has 0 radical (unpaired) electrons. The van der Waals surface area contributed by atoms with Gasteiger partial charge in [0.2, 0.25) is 0 Å². The van der Waals surface area contributed by atoms with Gasteiger partial charge in [0.05, 0.1) is 0 Å². The molecule has 0 aromatic carbocycles. The summed E-state index contributed by atoms with van der Waals surface area (Å²) in [7, 11) is 0. The predicted octanol–water partition coefficient (Wildman–Crippen LogP) is 4.83. The first kappa shape index (κ1) is 14.6. The molecule has 2 rings (SSSR count). The predicted molar refractivity (Wildman–Crippen MR) is 88.4 cm³/mol. The Morgan fingerprint density at radius 3 is 3.00 bits per heavy atom. The van der Waals surface area contributed by atoms with Crippen molar-refractivity contribution in [2.45, 2.75) is 33.6 Å². The first-order valence-electron chi connectivity index (χ1n) is 7.58. The molecule has 1 heteroatoms. The molecule has 0 fully saturated rings. The van der Waals surface area contributed by atoms with E-state index in [0.29, 0.717) is 5.92 Å². The second-order valence-corrected chi connectivity index (χ2v) is 5.49. The standard InChI is InChI=1S/C19H25N/c1-4-6-10-19(20-5-2)14-16-8-7-9-18-13-17(12-16)11-15(18)3/h4,6-10,12-13,15,20H,5,11,14H2,1-3H3/b6-4+,8-7?,9-7+,16-8?,16-12?,17-12?,18-9?,19-10-. The van der Waals surface area contributed by atoms with Crippen LogP contribution in [-0.2, 0) is 0 Å². The Labute approximate surface area is 123 Å². The van der Waals surface area contributed by atoms with Gasteiger partial charge < -0.3 is 5.32 Å². The van der Waals surface area contributed by atoms with Crippen LogP contribution in [0, 0.1) is 5.92 Å². The maximum absolute atomic E-state index is 3.45. The van der Waals surface area contributed by atoms with E-state index < -0.39 is 0 Å². The second kappa shape index (κ2) is 7.14. The third-order valence-corrected chi connectivity index (χ3v) is 3.72. The molecule has 106 valence electrons. The molecular formula is C19H25N. The molecule has 1 nitrogen and oxygen atoms in total. The highest BCUT2D eigenvalue weighted by Crippen LogP contribution is 2.33. The Morgan fingerprint density at radius 1 is 1.40 bits per heavy atom. The van der Waals surface area contributed by atoms with Crippen molar-refractivity contribution < 1.29 is 0 Å². The molecule has 1 N–H and O–H groups in total. The quantitative estimate of drug-likeness (QED) is 0.703. The van der Waals surface area contributed by atoms with Crippen LogP contribution in [0.1, 0.15) is 33.6 Å². The summed E-state index contributed by atoms with van der Waals surface area (Å²) in [5.74, 6) is 0.664. The molecular weight excluding hydrogens is 242 g/mol. The van der Waals surface area contributed by atoms with Crippen molar-refractivity contribution in [1.29, 1.82) is 0 Å². The first-order valence-corrected chi connectivity index (χ1v) is 7.58. The van der Waals surface area contributed by atoms with E-state index in [1.54, 1.807) is 0 Å². The van der Waals surface area contributed by atoms with Crippen LogP contribution in [0.4, 0.5) is 0 Å². The van der Waals surface area contributed by atoms with Crippen LogP contribution in [0.5, 0.6) is 0 Å². The highest BCUT2D eigenvalue weighted by molar-refractivity contribution is 5.46. The van der Waals surface area contributed by atoms with E-state index >= 15 is 0 Å². The van der Waals surface area contributed by atoms with Crippen LogP contribution >= 0.6 is 0 Å². The lowest BCUT2D eigenvalue weighted by molar-refractivity contribution is 0.730. The highest BCUT2D eigenvalue weighted by Gasteiger charge is 2.17. The molecule has 0 aliphatic heterocycles. The fourth-order valence-electron chi connectivity index (χ4n) is 2.72. The van der Waals surface area contributed by atoms with E-state index in [-0.39, 0.29) is 0 Å². The summed E-state index contributed by atoms with van der Waals surface area (Å²) in [5.41, 5.74) is 5.57. The van der Waals surface area contributed by atoms with E-state index in [1.165, 1.54) is 28.8 Å². The summed E-state index contributed by atoms with van der Waals surface area (Å²) in [6.07, 6.45) is 19.9. The Morgan fingerprint density at radius 2 is 2.25 bits per heavy atom. The minimum Gasteiger partial charge on any atom is -0.388 e. The third-order valence-electron chi connectivity index (χ3n) is 3.72. The van der Waals surface area contributed by atoms with Crippen molar-refractivity contribution >= 4 is 0 Å². The number of hydrogen-bond donors (Lipinski definition) is 1. The SMILES string of the molecule is C/C=C/C=C(/CC1=C/C=C/C2=CC(=C1)CC2C)NCC. The number of hydrogen-bond acceptors (Lipinski definition) is 1. The molecule has 0 saturated carbocycles. The minimum absolute atomic E-state index is 0.664. The molecule has 2 aliphatic carbocycles. The Kier molecular flexibility index (Phi) is 5.23. The fourth-order valence-corrected chi connectivity index (χ4v) is 2.72. The molecule has 20 heavy (non-hydrogen) atoms. The van der Waals surface area contributed by atoms with Gasteiger partial charge in [-0.1, -0.05) is 49.5 Å². The molecule has 2 aliphatic rings. The zero-order valence-corrected chi connectivity index (χ0v) is 12.8. The molecule has 0 aromatic heterocycles. The fraction of sp³-hybridized carbons (Fsp3) is 0.368. The van der Waals surface area contributed by atoms with Crippen molar-refractivity contribution in [3.8, 4) is 0 Å². The number of nitrogens with one attached hydrogen (secondary N) is 1. The summed E-state index contributed by atoms with van der Waals surface area (Å²) in [4.78, 5) is 0. The normalized spacial score (nSPS) is 23.9.